The molecule has 1 amide bonds. The topological polar surface area (TPSA) is 78.5 Å². The quantitative estimate of drug-likeness (QED) is 0.715. The molecule has 6 nitrogen and oxygen atoms in total. The third kappa shape index (κ3) is 5.77. The molecule has 0 bridgehead atoms. The molecule has 0 spiro atoms. The Kier molecular flexibility index (Phi) is 6.87. The lowest BCUT2D eigenvalue weighted by Gasteiger charge is -2.24. The second-order valence-corrected chi connectivity index (χ2v) is 9.36. The van der Waals surface area contributed by atoms with Crippen molar-refractivity contribution in [3.63, 3.8) is 0 Å². The van der Waals surface area contributed by atoms with Gasteiger partial charge in [0.2, 0.25) is 15.9 Å². The molecule has 0 atom stereocenters. The van der Waals surface area contributed by atoms with Gasteiger partial charge < -0.3 is 10.6 Å². The molecule has 2 aromatic rings. The highest BCUT2D eigenvalue weighted by molar-refractivity contribution is 7.89. The van der Waals surface area contributed by atoms with Gasteiger partial charge in [-0.15, -0.1) is 0 Å². The van der Waals surface area contributed by atoms with Crippen LogP contribution in [0.5, 0.6) is 0 Å². The number of likely N-dealkylation sites (N-methyl/N-ethyl adjacent to an activating group) is 1. The third-order valence-corrected chi connectivity index (χ3v) is 6.85. The van der Waals surface area contributed by atoms with Crippen molar-refractivity contribution in [3.8, 4) is 0 Å². The number of carbonyl (C=O) groups is 1. The van der Waals surface area contributed by atoms with Gasteiger partial charge in [0.05, 0.1) is 11.4 Å². The van der Waals surface area contributed by atoms with Crippen LogP contribution in [0, 0.1) is 5.82 Å². The van der Waals surface area contributed by atoms with Gasteiger partial charge in [-0.05, 0) is 61.4 Å². The fourth-order valence-electron chi connectivity index (χ4n) is 3.41. The van der Waals surface area contributed by atoms with Gasteiger partial charge in [-0.25, -0.2) is 12.8 Å². The Balaban J connectivity index is 1.55. The molecule has 0 radical (unpaired) electrons. The average molecular weight is 420 g/mol. The molecule has 8 heteroatoms. The first-order valence-corrected chi connectivity index (χ1v) is 11.2. The summed E-state index contributed by atoms with van der Waals surface area (Å²) in [6.45, 7) is -0.345. The number of nitrogens with zero attached hydrogens (tertiary/aromatic N) is 1. The van der Waals surface area contributed by atoms with Crippen molar-refractivity contribution in [1.82, 2.24) is 4.31 Å². The van der Waals surface area contributed by atoms with E-state index in [-0.39, 0.29) is 11.4 Å². The van der Waals surface area contributed by atoms with Crippen molar-refractivity contribution in [1.29, 1.82) is 0 Å². The first-order chi connectivity index (χ1) is 13.8. The Hall–Kier alpha value is -2.45. The van der Waals surface area contributed by atoms with Crippen LogP contribution in [-0.4, -0.2) is 38.3 Å². The number of nitrogens with one attached hydrogen (secondary N) is 2. The predicted molar refractivity (Wildman–Crippen MR) is 112 cm³/mol. The van der Waals surface area contributed by atoms with Gasteiger partial charge in [-0.2, -0.15) is 4.31 Å². The molecule has 0 aliphatic heterocycles. The summed E-state index contributed by atoms with van der Waals surface area (Å²) in [6.07, 6.45) is 6.15. The van der Waals surface area contributed by atoms with E-state index in [1.807, 2.05) is 12.1 Å². The largest absolute Gasteiger partial charge is 0.382 e. The third-order valence-electron chi connectivity index (χ3n) is 5.03. The van der Waals surface area contributed by atoms with Crippen LogP contribution in [0.15, 0.2) is 53.4 Å². The lowest BCUT2D eigenvalue weighted by molar-refractivity contribution is -0.116. The Morgan fingerprint density at radius 1 is 1.00 bits per heavy atom. The van der Waals surface area contributed by atoms with Gasteiger partial charge in [0.25, 0.3) is 0 Å². The zero-order valence-corrected chi connectivity index (χ0v) is 17.2. The molecule has 1 aliphatic carbocycles. The van der Waals surface area contributed by atoms with Crippen molar-refractivity contribution in [3.05, 3.63) is 54.3 Å². The summed E-state index contributed by atoms with van der Waals surface area (Å²) in [4.78, 5) is 12.2. The molecule has 0 unspecified atom stereocenters. The van der Waals surface area contributed by atoms with Crippen LogP contribution >= 0.6 is 0 Å². The van der Waals surface area contributed by atoms with E-state index in [2.05, 4.69) is 10.6 Å². The van der Waals surface area contributed by atoms with Crippen LogP contribution in [0.1, 0.15) is 32.1 Å². The summed E-state index contributed by atoms with van der Waals surface area (Å²) in [5, 5.41) is 6.21. The monoisotopic (exact) mass is 419 g/mol. The first-order valence-electron chi connectivity index (χ1n) is 9.73. The van der Waals surface area contributed by atoms with Crippen LogP contribution < -0.4 is 10.6 Å². The normalized spacial score (nSPS) is 15.3. The summed E-state index contributed by atoms with van der Waals surface area (Å²) in [7, 11) is -2.56. The number of halogens is 1. The Labute approximate surface area is 171 Å². The van der Waals surface area contributed by atoms with Gasteiger partial charge in [-0.1, -0.05) is 19.3 Å². The highest BCUT2D eigenvalue weighted by Gasteiger charge is 2.23. The number of anilines is 2. The summed E-state index contributed by atoms with van der Waals surface area (Å²) >= 11 is 0. The summed E-state index contributed by atoms with van der Waals surface area (Å²) in [5.41, 5.74) is 1.60. The second kappa shape index (κ2) is 9.37. The molecule has 156 valence electrons. The van der Waals surface area contributed by atoms with E-state index < -0.39 is 21.7 Å². The molecule has 1 saturated carbocycles. The van der Waals surface area contributed by atoms with E-state index in [1.54, 1.807) is 12.1 Å². The molecule has 2 N–H and O–H groups in total. The highest BCUT2D eigenvalue weighted by Crippen LogP contribution is 2.22. The Bertz CT molecular complexity index is 925. The van der Waals surface area contributed by atoms with Crippen LogP contribution in [0.2, 0.25) is 0 Å². The smallest absolute Gasteiger partial charge is 0.243 e. The molecule has 0 heterocycles. The van der Waals surface area contributed by atoms with Crippen molar-refractivity contribution in [2.24, 2.45) is 0 Å². The zero-order chi connectivity index (χ0) is 20.9. The lowest BCUT2D eigenvalue weighted by atomic mass is 9.95. The van der Waals surface area contributed by atoms with E-state index in [4.69, 9.17) is 0 Å². The molecule has 1 aliphatic rings. The van der Waals surface area contributed by atoms with Gasteiger partial charge in [0.15, 0.2) is 0 Å². The maximum absolute atomic E-state index is 13.0. The van der Waals surface area contributed by atoms with E-state index in [1.165, 1.54) is 51.3 Å². The Morgan fingerprint density at radius 2 is 1.59 bits per heavy atom. The Morgan fingerprint density at radius 3 is 2.21 bits per heavy atom. The van der Waals surface area contributed by atoms with E-state index in [9.17, 15) is 17.6 Å². The molecule has 0 aromatic heterocycles. The molecule has 0 saturated heterocycles. The van der Waals surface area contributed by atoms with E-state index in [0.717, 1.165) is 22.1 Å². The number of hydrogen-bond donors (Lipinski definition) is 2. The van der Waals surface area contributed by atoms with E-state index in [0.29, 0.717) is 11.7 Å². The summed E-state index contributed by atoms with van der Waals surface area (Å²) in [5.74, 6) is -0.975. The maximum Gasteiger partial charge on any atom is 0.243 e. The van der Waals surface area contributed by atoms with Crippen LogP contribution in [0.3, 0.4) is 0 Å². The van der Waals surface area contributed by atoms with Gasteiger partial charge >= 0.3 is 0 Å². The standard InChI is InChI=1S/C21H26FN3O3S/c1-25(29(27,28)20-13-7-16(22)8-14-20)15-21(26)24-19-11-9-18(10-12-19)23-17-5-3-2-4-6-17/h7-14,17,23H,2-6,15H2,1H3,(H,24,26). The summed E-state index contributed by atoms with van der Waals surface area (Å²) in [6, 6.07) is 12.4. The minimum atomic E-state index is -3.87. The number of amides is 1. The second-order valence-electron chi connectivity index (χ2n) is 7.32. The fourth-order valence-corrected chi connectivity index (χ4v) is 4.53. The van der Waals surface area contributed by atoms with Gasteiger partial charge in [-0.3, -0.25) is 4.79 Å². The maximum atomic E-state index is 13.0. The molecule has 1 fully saturated rings. The lowest BCUT2D eigenvalue weighted by Crippen LogP contribution is -2.34. The van der Waals surface area contributed by atoms with Gasteiger partial charge in [0, 0.05) is 24.5 Å². The minimum absolute atomic E-state index is 0.0626. The molecule has 2 aromatic carbocycles. The molecule has 29 heavy (non-hydrogen) atoms. The highest BCUT2D eigenvalue weighted by atomic mass is 32.2. The number of benzene rings is 2. The van der Waals surface area contributed by atoms with Crippen molar-refractivity contribution in [2.75, 3.05) is 24.2 Å². The van der Waals surface area contributed by atoms with Crippen molar-refractivity contribution in [2.45, 2.75) is 43.0 Å². The van der Waals surface area contributed by atoms with Crippen molar-refractivity contribution < 1.29 is 17.6 Å². The molecule has 3 rings (SSSR count). The number of sulfonamides is 1. The number of rotatable bonds is 7. The van der Waals surface area contributed by atoms with E-state index >= 15 is 0 Å². The molecular formula is C21H26FN3O3S. The van der Waals surface area contributed by atoms with Crippen LogP contribution in [-0.2, 0) is 14.8 Å². The SMILES string of the molecule is CN(CC(=O)Nc1ccc(NC2CCCCC2)cc1)S(=O)(=O)c1ccc(F)cc1. The predicted octanol–water partition coefficient (Wildman–Crippen LogP) is 3.83. The minimum Gasteiger partial charge on any atom is -0.382 e. The van der Waals surface area contributed by atoms with Crippen LogP contribution in [0.4, 0.5) is 15.8 Å². The van der Waals surface area contributed by atoms with Crippen molar-refractivity contribution >= 4 is 27.3 Å². The summed E-state index contributed by atoms with van der Waals surface area (Å²) < 4.78 is 38.9. The van der Waals surface area contributed by atoms with Gasteiger partial charge in [0.1, 0.15) is 5.82 Å². The first kappa shape index (κ1) is 21.3. The van der Waals surface area contributed by atoms with Crippen LogP contribution in [0.25, 0.3) is 0 Å². The fraction of sp³-hybridized carbons (Fsp3) is 0.381. The molecular weight excluding hydrogens is 393 g/mol. The number of carbonyl (C=O) groups excluding carboxylic acids is 1. The number of hydrogen-bond acceptors (Lipinski definition) is 4. The average Bonchev–Trinajstić information content (AvgIpc) is 2.70. The zero-order valence-electron chi connectivity index (χ0n) is 16.4.